The summed E-state index contributed by atoms with van der Waals surface area (Å²) in [6, 6.07) is 3.67. The second-order valence-corrected chi connectivity index (χ2v) is 5.50. The molecule has 1 atom stereocenters. The van der Waals surface area contributed by atoms with Crippen molar-refractivity contribution < 1.29 is 0 Å². The van der Waals surface area contributed by atoms with Gasteiger partial charge in [-0.05, 0) is 32.0 Å². The fourth-order valence-corrected chi connectivity index (χ4v) is 2.38. The lowest BCUT2D eigenvalue weighted by molar-refractivity contribution is 0.466. The van der Waals surface area contributed by atoms with Gasteiger partial charge in [-0.15, -0.1) is 0 Å². The first kappa shape index (κ1) is 15.1. The van der Waals surface area contributed by atoms with Crippen molar-refractivity contribution in [3.8, 4) is 0 Å². The van der Waals surface area contributed by atoms with Crippen molar-refractivity contribution in [3.63, 3.8) is 0 Å². The Balaban J connectivity index is 2.07. The van der Waals surface area contributed by atoms with Gasteiger partial charge in [-0.1, -0.05) is 31.4 Å². The molecule has 0 amide bonds. The lowest BCUT2D eigenvalue weighted by atomic mass is 10.2. The Morgan fingerprint density at radius 2 is 2.25 bits per heavy atom. The first-order valence-electron chi connectivity index (χ1n) is 7.10. The monoisotopic (exact) mass is 296 g/mol. The number of hydrogen-bond acceptors (Lipinski definition) is 3. The summed E-state index contributed by atoms with van der Waals surface area (Å²) in [6.07, 6.45) is 3.60. The quantitative estimate of drug-likeness (QED) is 0.610. The van der Waals surface area contributed by atoms with Crippen LogP contribution in [0.15, 0.2) is 16.9 Å². The van der Waals surface area contributed by atoms with Gasteiger partial charge in [0.25, 0.3) is 0 Å². The molecule has 110 valence electrons. The fourth-order valence-electron chi connectivity index (χ4n) is 2.24. The van der Waals surface area contributed by atoms with Crippen molar-refractivity contribution in [3.05, 3.63) is 27.8 Å². The molecule has 20 heavy (non-hydrogen) atoms. The van der Waals surface area contributed by atoms with E-state index in [1.54, 1.807) is 16.7 Å². The lowest BCUT2D eigenvalue weighted by Gasteiger charge is -2.14. The second-order valence-electron chi connectivity index (χ2n) is 5.11. The first-order valence-corrected chi connectivity index (χ1v) is 7.48. The van der Waals surface area contributed by atoms with Crippen molar-refractivity contribution in [2.75, 3.05) is 6.54 Å². The minimum Gasteiger partial charge on any atom is -0.312 e. The molecule has 0 spiro atoms. The van der Waals surface area contributed by atoms with E-state index in [1.807, 2.05) is 0 Å². The van der Waals surface area contributed by atoms with Gasteiger partial charge in [0.1, 0.15) is 5.15 Å². The summed E-state index contributed by atoms with van der Waals surface area (Å²) in [6.45, 7) is 5.81. The van der Waals surface area contributed by atoms with Crippen LogP contribution in [0.1, 0.15) is 33.1 Å². The van der Waals surface area contributed by atoms with Crippen molar-refractivity contribution >= 4 is 22.8 Å². The van der Waals surface area contributed by atoms with E-state index in [9.17, 15) is 4.79 Å². The van der Waals surface area contributed by atoms with E-state index >= 15 is 0 Å². The molecular formula is C14H21ClN4O. The number of nitrogens with one attached hydrogen (secondary N) is 2. The van der Waals surface area contributed by atoms with Crippen LogP contribution < -0.4 is 11.0 Å². The van der Waals surface area contributed by atoms with Crippen molar-refractivity contribution in [1.82, 2.24) is 19.9 Å². The Hall–Kier alpha value is -1.33. The first-order chi connectivity index (χ1) is 9.61. The number of aromatic nitrogens is 3. The average molecular weight is 297 g/mol. The van der Waals surface area contributed by atoms with Crippen LogP contribution in [0.25, 0.3) is 11.2 Å². The smallest absolute Gasteiger partial charge is 0.312 e. The molecule has 0 saturated carbocycles. The van der Waals surface area contributed by atoms with Gasteiger partial charge in [0.05, 0.1) is 5.52 Å². The minimum absolute atomic E-state index is 0.142. The topological polar surface area (TPSA) is 62.7 Å². The van der Waals surface area contributed by atoms with Gasteiger partial charge in [0.2, 0.25) is 0 Å². The highest BCUT2D eigenvalue weighted by molar-refractivity contribution is 6.29. The molecule has 2 aromatic rings. The average Bonchev–Trinajstić information content (AvgIpc) is 2.71. The fraction of sp³-hybridized carbons (Fsp3) is 0.571. The van der Waals surface area contributed by atoms with Crippen LogP contribution in [-0.2, 0) is 6.54 Å². The molecule has 0 aliphatic rings. The van der Waals surface area contributed by atoms with Crippen molar-refractivity contribution in [2.24, 2.45) is 0 Å². The highest BCUT2D eigenvalue weighted by Gasteiger charge is 2.11. The Morgan fingerprint density at radius 1 is 1.45 bits per heavy atom. The molecule has 0 bridgehead atoms. The third-order valence-electron chi connectivity index (χ3n) is 3.31. The minimum atomic E-state index is -0.142. The number of imidazole rings is 1. The third kappa shape index (κ3) is 3.61. The summed E-state index contributed by atoms with van der Waals surface area (Å²) < 4.78 is 1.64. The van der Waals surface area contributed by atoms with Gasteiger partial charge in [-0.2, -0.15) is 0 Å². The molecule has 2 N–H and O–H groups in total. The molecule has 0 aliphatic carbocycles. The molecule has 6 heteroatoms. The SMILES string of the molecule is CCCCCNC(C)Cn1c(=O)[nH]c2ccc(Cl)nc21. The van der Waals surface area contributed by atoms with E-state index in [-0.39, 0.29) is 11.7 Å². The summed E-state index contributed by atoms with van der Waals surface area (Å²) >= 11 is 5.90. The predicted molar refractivity (Wildman–Crippen MR) is 82.4 cm³/mol. The van der Waals surface area contributed by atoms with Gasteiger partial charge < -0.3 is 10.3 Å². The molecule has 0 fully saturated rings. The molecule has 0 saturated heterocycles. The van der Waals surface area contributed by atoms with Gasteiger partial charge in [-0.25, -0.2) is 9.78 Å². The zero-order chi connectivity index (χ0) is 14.5. The summed E-state index contributed by atoms with van der Waals surface area (Å²) in [5.74, 6) is 0. The van der Waals surface area contributed by atoms with E-state index < -0.39 is 0 Å². The van der Waals surface area contributed by atoms with E-state index in [0.717, 1.165) is 18.5 Å². The molecule has 2 rings (SSSR count). The van der Waals surface area contributed by atoms with Crippen LogP contribution in [-0.4, -0.2) is 27.1 Å². The number of rotatable bonds is 7. The van der Waals surface area contributed by atoms with Crippen molar-refractivity contribution in [2.45, 2.75) is 45.7 Å². The van der Waals surface area contributed by atoms with Gasteiger partial charge in [-0.3, -0.25) is 4.57 Å². The highest BCUT2D eigenvalue weighted by Crippen LogP contribution is 2.12. The molecular weight excluding hydrogens is 276 g/mol. The molecule has 1 unspecified atom stereocenters. The zero-order valence-corrected chi connectivity index (χ0v) is 12.7. The lowest BCUT2D eigenvalue weighted by Crippen LogP contribution is -2.34. The number of pyridine rings is 1. The van der Waals surface area contributed by atoms with Gasteiger partial charge >= 0.3 is 5.69 Å². The Kier molecular flexibility index (Phi) is 5.20. The van der Waals surface area contributed by atoms with E-state index in [2.05, 4.69) is 29.1 Å². The van der Waals surface area contributed by atoms with Crippen LogP contribution in [0, 0.1) is 0 Å². The van der Waals surface area contributed by atoms with Gasteiger partial charge in [0.15, 0.2) is 5.65 Å². The maximum atomic E-state index is 12.0. The largest absolute Gasteiger partial charge is 0.327 e. The maximum absolute atomic E-state index is 12.0. The van der Waals surface area contributed by atoms with E-state index in [0.29, 0.717) is 17.3 Å². The van der Waals surface area contributed by atoms with E-state index in [4.69, 9.17) is 11.6 Å². The number of hydrogen-bond donors (Lipinski definition) is 2. The molecule has 0 radical (unpaired) electrons. The Morgan fingerprint density at radius 3 is 3.00 bits per heavy atom. The van der Waals surface area contributed by atoms with Gasteiger partial charge in [0, 0.05) is 12.6 Å². The standard InChI is InChI=1S/C14H21ClN4O/c1-3-4-5-8-16-10(2)9-19-13-11(17-14(19)20)6-7-12(15)18-13/h6-7,10,16H,3-5,8-9H2,1-2H3,(H,17,20). The van der Waals surface area contributed by atoms with E-state index in [1.165, 1.54) is 12.8 Å². The normalized spacial score (nSPS) is 12.9. The molecule has 5 nitrogen and oxygen atoms in total. The second kappa shape index (κ2) is 6.90. The highest BCUT2D eigenvalue weighted by atomic mass is 35.5. The molecule has 2 aromatic heterocycles. The molecule has 0 aromatic carbocycles. The zero-order valence-electron chi connectivity index (χ0n) is 11.9. The number of nitrogens with zero attached hydrogens (tertiary/aromatic N) is 2. The van der Waals surface area contributed by atoms with Crippen LogP contribution in [0.3, 0.4) is 0 Å². The van der Waals surface area contributed by atoms with Crippen molar-refractivity contribution in [1.29, 1.82) is 0 Å². The summed E-state index contributed by atoms with van der Waals surface area (Å²) in [5, 5.41) is 3.82. The van der Waals surface area contributed by atoms with Crippen LogP contribution in [0.2, 0.25) is 5.15 Å². The number of unbranched alkanes of at least 4 members (excludes halogenated alkanes) is 2. The molecule has 0 aliphatic heterocycles. The molecule has 2 heterocycles. The summed E-state index contributed by atoms with van der Waals surface area (Å²) in [4.78, 5) is 19.0. The van der Waals surface area contributed by atoms with Crippen LogP contribution in [0.4, 0.5) is 0 Å². The van der Waals surface area contributed by atoms with Crippen LogP contribution in [0.5, 0.6) is 0 Å². The summed E-state index contributed by atoms with van der Waals surface area (Å²) in [5.41, 5.74) is 1.19. The number of fused-ring (bicyclic) bond motifs is 1. The predicted octanol–water partition coefficient (Wildman–Crippen LogP) is 2.55. The third-order valence-corrected chi connectivity index (χ3v) is 3.52. The summed E-state index contributed by atoms with van der Waals surface area (Å²) in [7, 11) is 0. The number of H-pyrrole nitrogens is 1. The number of halogens is 1. The number of aromatic amines is 1. The maximum Gasteiger partial charge on any atom is 0.327 e. The Labute approximate surface area is 123 Å². The van der Waals surface area contributed by atoms with Crippen LogP contribution >= 0.6 is 11.6 Å². The Bertz CT molecular complexity index is 619.